The van der Waals surface area contributed by atoms with Gasteiger partial charge >= 0.3 is 0 Å². The van der Waals surface area contributed by atoms with E-state index in [9.17, 15) is 9.59 Å². The van der Waals surface area contributed by atoms with Crippen LogP contribution < -0.4 is 16.4 Å². The van der Waals surface area contributed by atoms with Crippen molar-refractivity contribution in [2.75, 3.05) is 29.6 Å². The molecule has 0 saturated carbocycles. The quantitative estimate of drug-likeness (QED) is 0.713. The van der Waals surface area contributed by atoms with E-state index in [0.29, 0.717) is 11.4 Å². The van der Waals surface area contributed by atoms with Crippen LogP contribution in [0.2, 0.25) is 0 Å². The second-order valence-electron chi connectivity index (χ2n) is 3.45. The van der Waals surface area contributed by atoms with E-state index >= 15 is 0 Å². The number of nitrogen functional groups attached to an aromatic ring is 1. The number of amides is 2. The van der Waals surface area contributed by atoms with Gasteiger partial charge in [-0.15, -0.1) is 11.8 Å². The number of hydrogen-bond donors (Lipinski definition) is 3. The molecular formula is C11H14BrN3O2S. The molecule has 4 N–H and O–H groups in total. The molecule has 98 valence electrons. The van der Waals surface area contributed by atoms with Gasteiger partial charge in [0.05, 0.1) is 17.2 Å². The highest BCUT2D eigenvalue weighted by Gasteiger charge is 2.07. The van der Waals surface area contributed by atoms with E-state index in [0.717, 1.165) is 4.47 Å². The number of carbonyl (C=O) groups excluding carboxylic acids is 2. The Labute approximate surface area is 118 Å². The Morgan fingerprint density at radius 1 is 1.33 bits per heavy atom. The molecule has 0 aliphatic rings. The molecule has 1 aromatic carbocycles. The third-order valence-electron chi connectivity index (χ3n) is 2.01. The van der Waals surface area contributed by atoms with Crippen LogP contribution in [0.1, 0.15) is 0 Å². The maximum Gasteiger partial charge on any atom is 0.234 e. The molecule has 1 rings (SSSR count). The summed E-state index contributed by atoms with van der Waals surface area (Å²) in [6, 6.07) is 5.14. The molecule has 7 heteroatoms. The predicted octanol–water partition coefficient (Wildman–Crippen LogP) is 1.45. The van der Waals surface area contributed by atoms with E-state index in [2.05, 4.69) is 26.6 Å². The molecule has 0 unspecified atom stereocenters. The van der Waals surface area contributed by atoms with Crippen LogP contribution in [-0.4, -0.2) is 30.4 Å². The van der Waals surface area contributed by atoms with Gasteiger partial charge in [0, 0.05) is 17.2 Å². The second kappa shape index (κ2) is 7.27. The normalized spacial score (nSPS) is 9.89. The van der Waals surface area contributed by atoms with Gasteiger partial charge in [-0.25, -0.2) is 0 Å². The zero-order valence-corrected chi connectivity index (χ0v) is 12.2. The number of anilines is 2. The summed E-state index contributed by atoms with van der Waals surface area (Å²) >= 11 is 4.57. The number of nitrogens with two attached hydrogens (primary N) is 1. The van der Waals surface area contributed by atoms with Crippen LogP contribution >= 0.6 is 27.7 Å². The van der Waals surface area contributed by atoms with E-state index in [1.54, 1.807) is 25.2 Å². The molecule has 0 spiro atoms. The summed E-state index contributed by atoms with van der Waals surface area (Å²) in [6.45, 7) is 0. The molecule has 0 aliphatic carbocycles. The third-order valence-corrected chi connectivity index (χ3v) is 3.60. The van der Waals surface area contributed by atoms with Crippen LogP contribution in [0.25, 0.3) is 0 Å². The van der Waals surface area contributed by atoms with Gasteiger partial charge in [0.2, 0.25) is 11.8 Å². The van der Waals surface area contributed by atoms with Gasteiger partial charge in [-0.1, -0.05) is 0 Å². The molecule has 0 saturated heterocycles. The summed E-state index contributed by atoms with van der Waals surface area (Å²) in [5, 5.41) is 5.23. The fraction of sp³-hybridized carbons (Fsp3) is 0.273. The molecular weight excluding hydrogens is 318 g/mol. The number of hydrogen-bond acceptors (Lipinski definition) is 4. The topological polar surface area (TPSA) is 84.2 Å². The highest BCUT2D eigenvalue weighted by Crippen LogP contribution is 2.24. The van der Waals surface area contributed by atoms with Crippen molar-refractivity contribution >= 4 is 50.9 Å². The number of nitrogens with one attached hydrogen (secondary N) is 2. The lowest BCUT2D eigenvalue weighted by Crippen LogP contribution is -2.22. The summed E-state index contributed by atoms with van der Waals surface area (Å²) < 4.78 is 0.729. The van der Waals surface area contributed by atoms with E-state index in [1.807, 2.05) is 0 Å². The van der Waals surface area contributed by atoms with E-state index in [4.69, 9.17) is 5.73 Å². The fourth-order valence-corrected chi connectivity index (χ4v) is 2.31. The molecule has 0 fully saturated rings. The van der Waals surface area contributed by atoms with E-state index in [1.165, 1.54) is 11.8 Å². The van der Waals surface area contributed by atoms with Crippen LogP contribution in [0, 0.1) is 0 Å². The number of carbonyl (C=O) groups is 2. The Bertz CT molecular complexity index is 454. The van der Waals surface area contributed by atoms with Crippen LogP contribution in [0.3, 0.4) is 0 Å². The number of thioether (sulfide) groups is 1. The smallest absolute Gasteiger partial charge is 0.234 e. The van der Waals surface area contributed by atoms with E-state index < -0.39 is 0 Å². The standard InChI is InChI=1S/C11H14BrN3O2S/c1-14-10(16)5-18-6-11(17)15-9-3-2-7(13)4-8(9)12/h2-4H,5-6,13H2,1H3,(H,14,16)(H,15,17). The van der Waals surface area contributed by atoms with E-state index in [-0.39, 0.29) is 23.3 Å². The molecule has 0 radical (unpaired) electrons. The molecule has 1 aromatic rings. The van der Waals surface area contributed by atoms with Gasteiger partial charge in [-0.2, -0.15) is 0 Å². The average molecular weight is 332 g/mol. The lowest BCUT2D eigenvalue weighted by molar-refractivity contribution is -0.118. The third kappa shape index (κ3) is 4.97. The molecule has 0 heterocycles. The molecule has 18 heavy (non-hydrogen) atoms. The van der Waals surface area contributed by atoms with Crippen LogP contribution in [0.5, 0.6) is 0 Å². The lowest BCUT2D eigenvalue weighted by atomic mass is 10.3. The highest BCUT2D eigenvalue weighted by molar-refractivity contribution is 9.10. The Morgan fingerprint density at radius 2 is 2.00 bits per heavy atom. The van der Waals surface area contributed by atoms with Gasteiger partial charge in [0.1, 0.15) is 0 Å². The first-order valence-electron chi connectivity index (χ1n) is 5.16. The molecule has 0 aromatic heterocycles. The monoisotopic (exact) mass is 331 g/mol. The molecule has 0 bridgehead atoms. The van der Waals surface area contributed by atoms with Gasteiger partial charge < -0.3 is 16.4 Å². The van der Waals surface area contributed by atoms with Crippen molar-refractivity contribution < 1.29 is 9.59 Å². The Balaban J connectivity index is 2.42. The number of halogens is 1. The SMILES string of the molecule is CNC(=O)CSCC(=O)Nc1ccc(N)cc1Br. The summed E-state index contributed by atoms with van der Waals surface area (Å²) in [5.41, 5.74) is 6.88. The molecule has 5 nitrogen and oxygen atoms in total. The van der Waals surface area contributed by atoms with Crippen LogP contribution in [0.15, 0.2) is 22.7 Å². The van der Waals surface area contributed by atoms with Crippen molar-refractivity contribution in [2.24, 2.45) is 0 Å². The van der Waals surface area contributed by atoms with Crippen molar-refractivity contribution in [1.29, 1.82) is 0 Å². The van der Waals surface area contributed by atoms with Crippen molar-refractivity contribution in [3.05, 3.63) is 22.7 Å². The van der Waals surface area contributed by atoms with Crippen LogP contribution in [-0.2, 0) is 9.59 Å². The molecule has 2 amide bonds. The Hall–Kier alpha value is -1.21. The first kappa shape index (κ1) is 14.8. The summed E-state index contributed by atoms with van der Waals surface area (Å²) in [7, 11) is 1.56. The highest BCUT2D eigenvalue weighted by atomic mass is 79.9. The first-order chi connectivity index (χ1) is 8.52. The largest absolute Gasteiger partial charge is 0.399 e. The minimum absolute atomic E-state index is 0.0959. The van der Waals surface area contributed by atoms with Crippen molar-refractivity contribution in [1.82, 2.24) is 5.32 Å². The fourth-order valence-electron chi connectivity index (χ4n) is 1.13. The minimum atomic E-state index is -0.158. The van der Waals surface area contributed by atoms with Crippen LogP contribution in [0.4, 0.5) is 11.4 Å². The van der Waals surface area contributed by atoms with Crippen molar-refractivity contribution in [2.45, 2.75) is 0 Å². The van der Waals surface area contributed by atoms with Gasteiger partial charge in [-0.3, -0.25) is 9.59 Å². The maximum atomic E-state index is 11.6. The first-order valence-corrected chi connectivity index (χ1v) is 7.11. The van der Waals surface area contributed by atoms with Crippen molar-refractivity contribution in [3.63, 3.8) is 0 Å². The summed E-state index contributed by atoms with van der Waals surface area (Å²) in [4.78, 5) is 22.6. The second-order valence-corrected chi connectivity index (χ2v) is 5.29. The van der Waals surface area contributed by atoms with Gasteiger partial charge in [-0.05, 0) is 34.1 Å². The zero-order chi connectivity index (χ0) is 13.5. The average Bonchev–Trinajstić information content (AvgIpc) is 2.32. The van der Waals surface area contributed by atoms with Gasteiger partial charge in [0.15, 0.2) is 0 Å². The predicted molar refractivity (Wildman–Crippen MR) is 78.6 cm³/mol. The maximum absolute atomic E-state index is 11.6. The lowest BCUT2D eigenvalue weighted by Gasteiger charge is -2.07. The summed E-state index contributed by atoms with van der Waals surface area (Å²) in [5.74, 6) is 0.243. The molecule has 0 atom stereocenters. The Morgan fingerprint density at radius 3 is 2.61 bits per heavy atom. The zero-order valence-electron chi connectivity index (χ0n) is 9.83. The molecule has 0 aliphatic heterocycles. The summed E-state index contributed by atoms with van der Waals surface area (Å²) in [6.07, 6.45) is 0. The van der Waals surface area contributed by atoms with Gasteiger partial charge in [0.25, 0.3) is 0 Å². The minimum Gasteiger partial charge on any atom is -0.399 e. The number of benzene rings is 1. The van der Waals surface area contributed by atoms with Crippen molar-refractivity contribution in [3.8, 4) is 0 Å². The number of rotatable bonds is 5. The Kier molecular flexibility index (Phi) is 6.00.